The van der Waals surface area contributed by atoms with Crippen molar-refractivity contribution in [1.82, 2.24) is 5.43 Å². The fourth-order valence-electron chi connectivity index (χ4n) is 2.97. The second kappa shape index (κ2) is 11.9. The van der Waals surface area contributed by atoms with Crippen LogP contribution in [0.5, 0.6) is 11.5 Å². The van der Waals surface area contributed by atoms with Gasteiger partial charge in [0.25, 0.3) is 5.69 Å². The normalized spacial score (nSPS) is 10.8. The Balaban J connectivity index is 1.57. The van der Waals surface area contributed by atoms with Crippen LogP contribution in [0.1, 0.15) is 29.8 Å². The molecule has 3 rings (SSSR count). The number of para-hydroxylation sites is 1. The maximum Gasteiger partial charge on any atom is 0.350 e. The first-order valence-electron chi connectivity index (χ1n) is 10.7. The van der Waals surface area contributed by atoms with Crippen molar-refractivity contribution >= 4 is 34.9 Å². The van der Waals surface area contributed by atoms with Gasteiger partial charge in [0.2, 0.25) is 0 Å². The predicted octanol–water partition coefficient (Wildman–Crippen LogP) is 3.69. The number of amides is 2. The summed E-state index contributed by atoms with van der Waals surface area (Å²) in [5.41, 5.74) is 3.03. The summed E-state index contributed by atoms with van der Waals surface area (Å²) in [6.07, 6.45) is 0. The van der Waals surface area contributed by atoms with Crippen molar-refractivity contribution < 1.29 is 28.8 Å². The lowest BCUT2D eigenvalue weighted by Crippen LogP contribution is -2.32. The van der Waals surface area contributed by atoms with Gasteiger partial charge in [-0.3, -0.25) is 19.7 Å². The Hall–Kier alpha value is -5.06. The lowest BCUT2D eigenvalue weighted by molar-refractivity contribution is -0.385. The van der Waals surface area contributed by atoms with E-state index in [0.717, 1.165) is 0 Å². The van der Waals surface area contributed by atoms with Crippen LogP contribution in [0.15, 0.2) is 77.9 Å². The van der Waals surface area contributed by atoms with Crippen LogP contribution < -0.4 is 20.2 Å². The predicted molar refractivity (Wildman–Crippen MR) is 131 cm³/mol. The molecule has 11 heteroatoms. The van der Waals surface area contributed by atoms with Gasteiger partial charge in [-0.2, -0.15) is 5.10 Å². The minimum Gasteiger partial charge on any atom is -0.494 e. The van der Waals surface area contributed by atoms with E-state index in [9.17, 15) is 24.5 Å². The Morgan fingerprint density at radius 1 is 0.917 bits per heavy atom. The highest BCUT2D eigenvalue weighted by Crippen LogP contribution is 2.21. The standard InChI is InChI=1S/C25H22N4O7/c1-3-35-19-14-10-18(11-15-19)26-23(30)24(31)28-27-16(2)17-8-12-20(13-9-17)36-25(32)21-6-4-5-7-22(21)29(33)34/h4-15H,3H2,1-2H3,(H,26,30)(H,28,31)/b27-16+. The van der Waals surface area contributed by atoms with Crippen molar-refractivity contribution in [1.29, 1.82) is 0 Å². The first kappa shape index (κ1) is 25.6. The highest BCUT2D eigenvalue weighted by Gasteiger charge is 2.21. The Morgan fingerprint density at radius 3 is 2.19 bits per heavy atom. The monoisotopic (exact) mass is 490 g/mol. The summed E-state index contributed by atoms with van der Waals surface area (Å²) in [5, 5.41) is 17.5. The first-order chi connectivity index (χ1) is 17.3. The van der Waals surface area contributed by atoms with E-state index in [-0.39, 0.29) is 17.0 Å². The minimum absolute atomic E-state index is 0.161. The molecule has 0 radical (unpaired) electrons. The molecular formula is C25H22N4O7. The molecule has 0 aliphatic heterocycles. The second-order valence-corrected chi connectivity index (χ2v) is 7.24. The maximum atomic E-state index is 12.3. The SMILES string of the molecule is CCOc1ccc(NC(=O)C(=O)N/N=C(\C)c2ccc(OC(=O)c3ccccc3[N+](=O)[O-])cc2)cc1. The van der Waals surface area contributed by atoms with Crippen LogP contribution in [0.2, 0.25) is 0 Å². The molecule has 2 N–H and O–H groups in total. The molecule has 0 heterocycles. The molecule has 3 aromatic rings. The van der Waals surface area contributed by atoms with E-state index in [2.05, 4.69) is 15.8 Å². The van der Waals surface area contributed by atoms with Gasteiger partial charge >= 0.3 is 17.8 Å². The molecule has 0 unspecified atom stereocenters. The molecule has 0 aliphatic rings. The average molecular weight is 490 g/mol. The fourth-order valence-corrected chi connectivity index (χ4v) is 2.97. The topological polar surface area (TPSA) is 149 Å². The molecule has 11 nitrogen and oxygen atoms in total. The number of benzene rings is 3. The number of carbonyl (C=O) groups excluding carboxylic acids is 3. The third kappa shape index (κ3) is 6.73. The highest BCUT2D eigenvalue weighted by molar-refractivity contribution is 6.39. The van der Waals surface area contributed by atoms with Gasteiger partial charge in [-0.1, -0.05) is 12.1 Å². The van der Waals surface area contributed by atoms with Crippen molar-refractivity contribution in [2.24, 2.45) is 5.10 Å². The number of nitro groups is 1. The molecule has 2 amide bonds. The van der Waals surface area contributed by atoms with E-state index in [4.69, 9.17) is 9.47 Å². The molecular weight excluding hydrogens is 468 g/mol. The number of hydrogen-bond acceptors (Lipinski definition) is 8. The summed E-state index contributed by atoms with van der Waals surface area (Å²) in [5.74, 6) is -1.92. The Labute approximate surface area is 205 Å². The van der Waals surface area contributed by atoms with Gasteiger partial charge in [0.1, 0.15) is 17.1 Å². The maximum absolute atomic E-state index is 12.3. The van der Waals surface area contributed by atoms with Crippen molar-refractivity contribution in [3.8, 4) is 11.5 Å². The number of nitrogens with one attached hydrogen (secondary N) is 2. The fraction of sp³-hybridized carbons (Fsp3) is 0.120. The van der Waals surface area contributed by atoms with Crippen LogP contribution in [-0.2, 0) is 9.59 Å². The van der Waals surface area contributed by atoms with E-state index in [0.29, 0.717) is 29.3 Å². The molecule has 0 saturated heterocycles. The van der Waals surface area contributed by atoms with Crippen molar-refractivity contribution in [3.63, 3.8) is 0 Å². The number of ether oxygens (including phenoxy) is 2. The number of esters is 1. The zero-order valence-corrected chi connectivity index (χ0v) is 19.4. The summed E-state index contributed by atoms with van der Waals surface area (Å²) in [7, 11) is 0. The summed E-state index contributed by atoms with van der Waals surface area (Å²) >= 11 is 0. The molecule has 0 aliphatic carbocycles. The van der Waals surface area contributed by atoms with Crippen molar-refractivity contribution in [3.05, 3.63) is 94.0 Å². The Kier molecular flexibility index (Phi) is 8.44. The number of hydrazone groups is 1. The minimum atomic E-state index is -0.960. The molecule has 0 aromatic heterocycles. The van der Waals surface area contributed by atoms with E-state index in [1.54, 1.807) is 43.3 Å². The molecule has 0 bridgehead atoms. The summed E-state index contributed by atoms with van der Waals surface area (Å²) in [6.45, 7) is 3.98. The number of carbonyl (C=O) groups is 3. The summed E-state index contributed by atoms with van der Waals surface area (Å²) in [6, 6.07) is 18.1. The van der Waals surface area contributed by atoms with E-state index >= 15 is 0 Å². The smallest absolute Gasteiger partial charge is 0.350 e. The molecule has 0 saturated carbocycles. The number of hydrogen-bond donors (Lipinski definition) is 2. The lowest BCUT2D eigenvalue weighted by atomic mass is 10.1. The van der Waals surface area contributed by atoms with Gasteiger partial charge < -0.3 is 14.8 Å². The Bertz CT molecular complexity index is 1300. The van der Waals surface area contributed by atoms with E-state index < -0.39 is 22.7 Å². The van der Waals surface area contributed by atoms with Crippen LogP contribution in [0.3, 0.4) is 0 Å². The molecule has 184 valence electrons. The molecule has 36 heavy (non-hydrogen) atoms. The van der Waals surface area contributed by atoms with Gasteiger partial charge in [0, 0.05) is 11.8 Å². The molecule has 0 atom stereocenters. The van der Waals surface area contributed by atoms with Crippen LogP contribution in [0, 0.1) is 10.1 Å². The van der Waals surface area contributed by atoms with Crippen LogP contribution in [0.4, 0.5) is 11.4 Å². The summed E-state index contributed by atoms with van der Waals surface area (Å²) < 4.78 is 10.5. The zero-order valence-electron chi connectivity index (χ0n) is 19.4. The van der Waals surface area contributed by atoms with E-state index in [1.807, 2.05) is 6.92 Å². The zero-order chi connectivity index (χ0) is 26.1. The van der Waals surface area contributed by atoms with Crippen molar-refractivity contribution in [2.45, 2.75) is 13.8 Å². The van der Waals surface area contributed by atoms with Gasteiger partial charge in [-0.15, -0.1) is 0 Å². The Morgan fingerprint density at radius 2 is 1.56 bits per heavy atom. The van der Waals surface area contributed by atoms with Crippen LogP contribution in [-0.4, -0.2) is 35.0 Å². The number of nitro benzene ring substituents is 1. The number of rotatable bonds is 8. The third-order valence-corrected chi connectivity index (χ3v) is 4.76. The van der Waals surface area contributed by atoms with Gasteiger partial charge in [0.05, 0.1) is 17.2 Å². The number of anilines is 1. The highest BCUT2D eigenvalue weighted by atomic mass is 16.6. The number of nitrogens with zero attached hydrogens (tertiary/aromatic N) is 2. The van der Waals surface area contributed by atoms with Crippen LogP contribution in [0.25, 0.3) is 0 Å². The van der Waals surface area contributed by atoms with E-state index in [1.165, 1.54) is 36.4 Å². The molecule has 0 spiro atoms. The molecule has 3 aromatic carbocycles. The largest absolute Gasteiger partial charge is 0.494 e. The second-order valence-electron chi connectivity index (χ2n) is 7.24. The van der Waals surface area contributed by atoms with Gasteiger partial charge in [-0.25, -0.2) is 10.2 Å². The van der Waals surface area contributed by atoms with Gasteiger partial charge in [-0.05, 0) is 74.0 Å². The van der Waals surface area contributed by atoms with Crippen molar-refractivity contribution in [2.75, 3.05) is 11.9 Å². The van der Waals surface area contributed by atoms with Gasteiger partial charge in [0.15, 0.2) is 0 Å². The molecule has 0 fully saturated rings. The summed E-state index contributed by atoms with van der Waals surface area (Å²) in [4.78, 5) is 46.9. The average Bonchev–Trinajstić information content (AvgIpc) is 2.88. The quantitative estimate of drug-likeness (QED) is 0.122. The lowest BCUT2D eigenvalue weighted by Gasteiger charge is -2.07. The third-order valence-electron chi connectivity index (χ3n) is 4.76. The van der Waals surface area contributed by atoms with Crippen LogP contribution >= 0.6 is 0 Å². The first-order valence-corrected chi connectivity index (χ1v) is 10.7.